The number of hydrogen-bond acceptors (Lipinski definition) is 7. The SMILES string of the molecule is C=O.CN=Cc1c(N)cccc1C(N)c1cc(C)cc(C)c1NC1CC=C(NCC(C)C(C)C)NC1. The van der Waals surface area contributed by atoms with Gasteiger partial charge in [0.2, 0.25) is 0 Å². The third-order valence-corrected chi connectivity index (χ3v) is 6.86. The van der Waals surface area contributed by atoms with Crippen LogP contribution < -0.4 is 27.4 Å². The van der Waals surface area contributed by atoms with Gasteiger partial charge in [-0.25, -0.2) is 0 Å². The van der Waals surface area contributed by atoms with Gasteiger partial charge in [-0.3, -0.25) is 4.99 Å². The molecule has 1 aliphatic heterocycles. The summed E-state index contributed by atoms with van der Waals surface area (Å²) in [6.45, 7) is 14.9. The van der Waals surface area contributed by atoms with E-state index in [9.17, 15) is 0 Å². The van der Waals surface area contributed by atoms with Crippen molar-refractivity contribution in [3.05, 3.63) is 70.0 Å². The zero-order valence-corrected chi connectivity index (χ0v) is 22.7. The Hall–Kier alpha value is -3.32. The van der Waals surface area contributed by atoms with Crippen molar-refractivity contribution in [2.45, 2.75) is 53.1 Å². The van der Waals surface area contributed by atoms with Crippen molar-refractivity contribution in [1.82, 2.24) is 10.6 Å². The number of aryl methyl sites for hydroxylation is 2. The van der Waals surface area contributed by atoms with Crippen molar-refractivity contribution in [3.63, 3.8) is 0 Å². The molecule has 7 nitrogen and oxygen atoms in total. The molecule has 3 unspecified atom stereocenters. The van der Waals surface area contributed by atoms with Crippen molar-refractivity contribution in [1.29, 1.82) is 0 Å². The third-order valence-electron chi connectivity index (χ3n) is 6.86. The Bertz CT molecular complexity index is 1060. The number of benzene rings is 2. The van der Waals surface area contributed by atoms with Crippen LogP contribution in [0.2, 0.25) is 0 Å². The summed E-state index contributed by atoms with van der Waals surface area (Å²) in [5, 5.41) is 10.9. The molecule has 0 saturated carbocycles. The number of anilines is 2. The number of aliphatic imine (C=N–C) groups is 1. The van der Waals surface area contributed by atoms with Crippen LogP contribution in [-0.2, 0) is 4.79 Å². The van der Waals surface area contributed by atoms with E-state index in [0.29, 0.717) is 17.5 Å². The Balaban J connectivity index is 0.00000222. The van der Waals surface area contributed by atoms with Gasteiger partial charge < -0.3 is 32.2 Å². The lowest BCUT2D eigenvalue weighted by molar-refractivity contribution is -0.0979. The molecule has 7 heteroatoms. The predicted octanol–water partition coefficient (Wildman–Crippen LogP) is 4.29. The number of hydrogen-bond donors (Lipinski definition) is 5. The molecule has 36 heavy (non-hydrogen) atoms. The average Bonchev–Trinajstić information content (AvgIpc) is 2.86. The van der Waals surface area contributed by atoms with Crippen molar-refractivity contribution < 1.29 is 4.79 Å². The van der Waals surface area contributed by atoms with E-state index in [4.69, 9.17) is 16.3 Å². The Morgan fingerprint density at radius 3 is 2.53 bits per heavy atom. The summed E-state index contributed by atoms with van der Waals surface area (Å²) in [6, 6.07) is 10.2. The molecule has 3 rings (SSSR count). The van der Waals surface area contributed by atoms with E-state index in [-0.39, 0.29) is 12.1 Å². The lowest BCUT2D eigenvalue weighted by atomic mass is 9.90. The zero-order chi connectivity index (χ0) is 26.8. The Labute approximate surface area is 216 Å². The second-order valence-corrected chi connectivity index (χ2v) is 9.94. The van der Waals surface area contributed by atoms with Crippen molar-refractivity contribution >= 4 is 24.4 Å². The van der Waals surface area contributed by atoms with Crippen molar-refractivity contribution in [2.75, 3.05) is 31.2 Å². The van der Waals surface area contributed by atoms with Crippen molar-refractivity contribution in [2.24, 2.45) is 22.6 Å². The molecule has 0 saturated heterocycles. The summed E-state index contributed by atoms with van der Waals surface area (Å²) >= 11 is 0. The maximum absolute atomic E-state index is 8.00. The number of carbonyl (C=O) groups is 1. The first-order chi connectivity index (χ1) is 17.2. The highest BCUT2D eigenvalue weighted by Crippen LogP contribution is 2.34. The molecule has 1 heterocycles. The monoisotopic (exact) mass is 492 g/mol. The summed E-state index contributed by atoms with van der Waals surface area (Å²) in [7, 11) is 1.75. The number of rotatable bonds is 9. The standard InChI is InChI=1S/C28H42N6.CH2O/c1-17(2)20(5)14-32-26-11-10-21(15-33-26)34-28-19(4)12-18(3)13-23(28)27(30)22-8-7-9-25(29)24(22)16-31-6;1-2/h7-9,11-13,16-17,20-21,27,32-34H,10,14-15,29-30H2,1-6H3;1H2. The minimum atomic E-state index is -0.320. The first-order valence-electron chi connectivity index (χ1n) is 12.6. The van der Waals surface area contributed by atoms with E-state index in [2.05, 4.69) is 73.8 Å². The highest BCUT2D eigenvalue weighted by Gasteiger charge is 2.22. The number of nitrogens with zero attached hydrogens (tertiary/aromatic N) is 1. The van der Waals surface area contributed by atoms with Crippen molar-refractivity contribution in [3.8, 4) is 0 Å². The first-order valence-corrected chi connectivity index (χ1v) is 12.6. The van der Waals surface area contributed by atoms with E-state index in [1.165, 1.54) is 11.1 Å². The molecule has 0 bridgehead atoms. The minimum Gasteiger partial charge on any atom is -0.398 e. The summed E-state index contributed by atoms with van der Waals surface area (Å²) in [4.78, 5) is 12.2. The third kappa shape index (κ3) is 7.34. The lowest BCUT2D eigenvalue weighted by Gasteiger charge is -2.30. The van der Waals surface area contributed by atoms with E-state index in [1.807, 2.05) is 25.0 Å². The number of nitrogens with one attached hydrogen (secondary N) is 3. The molecule has 2 aromatic rings. The summed E-state index contributed by atoms with van der Waals surface area (Å²) in [5.74, 6) is 2.43. The highest BCUT2D eigenvalue weighted by atomic mass is 16.1. The first kappa shape index (κ1) is 28.9. The summed E-state index contributed by atoms with van der Waals surface area (Å²) in [5.41, 5.74) is 20.3. The fourth-order valence-corrected chi connectivity index (χ4v) is 4.37. The molecule has 0 amide bonds. The largest absolute Gasteiger partial charge is 0.398 e. The molecule has 0 spiro atoms. The molecule has 1 aliphatic rings. The molecular formula is C29H44N6O. The van der Waals surface area contributed by atoms with Crippen LogP contribution in [0.4, 0.5) is 11.4 Å². The van der Waals surface area contributed by atoms with Gasteiger partial charge in [0.15, 0.2) is 0 Å². The van der Waals surface area contributed by atoms with Gasteiger partial charge in [-0.1, -0.05) is 50.6 Å². The zero-order valence-electron chi connectivity index (χ0n) is 22.7. The molecule has 0 fully saturated rings. The summed E-state index contributed by atoms with van der Waals surface area (Å²) < 4.78 is 0. The summed E-state index contributed by atoms with van der Waals surface area (Å²) in [6.07, 6.45) is 5.00. The Kier molecular flexibility index (Phi) is 11.0. The maximum atomic E-state index is 8.00. The van der Waals surface area contributed by atoms with Crippen LogP contribution in [0.25, 0.3) is 0 Å². The fourth-order valence-electron chi connectivity index (χ4n) is 4.37. The molecule has 7 N–H and O–H groups in total. The van der Waals surface area contributed by atoms with Crippen LogP contribution in [0.3, 0.4) is 0 Å². The molecular weight excluding hydrogens is 448 g/mol. The number of carbonyl (C=O) groups excluding carboxylic acids is 1. The van der Waals surface area contributed by atoms with Gasteiger partial charge in [-0.15, -0.1) is 0 Å². The Morgan fingerprint density at radius 2 is 1.92 bits per heavy atom. The van der Waals surface area contributed by atoms with E-state index in [0.717, 1.165) is 47.7 Å². The van der Waals surface area contributed by atoms with Gasteiger partial charge in [0, 0.05) is 49.3 Å². The molecule has 3 atom stereocenters. The predicted molar refractivity (Wildman–Crippen MR) is 154 cm³/mol. The fraction of sp³-hybridized carbons (Fsp3) is 0.448. The smallest absolute Gasteiger partial charge is 0.106 e. The second-order valence-electron chi connectivity index (χ2n) is 9.94. The van der Waals surface area contributed by atoms with Gasteiger partial charge in [0.25, 0.3) is 0 Å². The lowest BCUT2D eigenvalue weighted by Crippen LogP contribution is -2.41. The van der Waals surface area contributed by atoms with Gasteiger partial charge in [0.1, 0.15) is 6.79 Å². The minimum absolute atomic E-state index is 0.276. The van der Waals surface area contributed by atoms with Crippen LogP contribution in [0.15, 0.2) is 47.2 Å². The van der Waals surface area contributed by atoms with Gasteiger partial charge in [-0.05, 0) is 60.9 Å². The molecule has 0 aromatic heterocycles. The second kappa shape index (κ2) is 13.7. The molecule has 2 aromatic carbocycles. The Morgan fingerprint density at radius 1 is 1.19 bits per heavy atom. The van der Waals surface area contributed by atoms with E-state index >= 15 is 0 Å². The van der Waals surface area contributed by atoms with E-state index < -0.39 is 0 Å². The molecule has 0 radical (unpaired) electrons. The van der Waals surface area contributed by atoms with Crippen LogP contribution in [0.1, 0.15) is 61.1 Å². The van der Waals surface area contributed by atoms with Crippen LogP contribution in [0.5, 0.6) is 0 Å². The number of nitrogens with two attached hydrogens (primary N) is 2. The maximum Gasteiger partial charge on any atom is 0.106 e. The van der Waals surface area contributed by atoms with Crippen LogP contribution in [0, 0.1) is 25.7 Å². The highest BCUT2D eigenvalue weighted by molar-refractivity contribution is 5.89. The normalized spacial score (nSPS) is 17.0. The average molecular weight is 493 g/mol. The van der Waals surface area contributed by atoms with Gasteiger partial charge >= 0.3 is 0 Å². The van der Waals surface area contributed by atoms with Gasteiger partial charge in [-0.2, -0.15) is 0 Å². The van der Waals surface area contributed by atoms with Gasteiger partial charge in [0.05, 0.1) is 11.9 Å². The van der Waals surface area contributed by atoms with E-state index in [1.54, 1.807) is 13.3 Å². The topological polar surface area (TPSA) is 118 Å². The quantitative estimate of drug-likeness (QED) is 0.263. The number of nitrogen functional groups attached to an aromatic ring is 1. The molecule has 196 valence electrons. The van der Waals surface area contributed by atoms with Crippen LogP contribution in [-0.4, -0.2) is 39.2 Å². The van der Waals surface area contributed by atoms with Crippen LogP contribution >= 0.6 is 0 Å². The molecule has 0 aliphatic carbocycles.